The topological polar surface area (TPSA) is 67.9 Å². The summed E-state index contributed by atoms with van der Waals surface area (Å²) in [5, 5.41) is 0.478. The molecule has 0 saturated carbocycles. The van der Waals surface area contributed by atoms with Crippen LogP contribution in [0.5, 0.6) is 5.75 Å². The number of para-hydroxylation sites is 1. The maximum atomic E-state index is 11.8. The summed E-state index contributed by atoms with van der Waals surface area (Å²) in [6, 6.07) is 12.8. The molecule has 0 saturated heterocycles. The Kier molecular flexibility index (Phi) is 2.94. The second kappa shape index (κ2) is 4.89. The van der Waals surface area contributed by atoms with Gasteiger partial charge in [-0.3, -0.25) is 4.79 Å². The van der Waals surface area contributed by atoms with Gasteiger partial charge >= 0.3 is 0 Å². The van der Waals surface area contributed by atoms with Crippen LogP contribution >= 0.6 is 0 Å². The highest BCUT2D eigenvalue weighted by atomic mass is 16.5. The van der Waals surface area contributed by atoms with Gasteiger partial charge in [0.15, 0.2) is 5.65 Å². The second-order valence-corrected chi connectivity index (χ2v) is 3.99. The van der Waals surface area contributed by atoms with Crippen LogP contribution in [0.1, 0.15) is 5.82 Å². The first-order valence-corrected chi connectivity index (χ1v) is 5.85. The van der Waals surface area contributed by atoms with Gasteiger partial charge in [0.2, 0.25) is 0 Å². The van der Waals surface area contributed by atoms with Crippen molar-refractivity contribution < 1.29 is 4.74 Å². The van der Waals surface area contributed by atoms with Crippen LogP contribution < -0.4 is 10.3 Å². The first kappa shape index (κ1) is 11.4. The summed E-state index contributed by atoms with van der Waals surface area (Å²) in [7, 11) is 0. The summed E-state index contributed by atoms with van der Waals surface area (Å²) in [6.45, 7) is 0.200. The number of fused-ring (bicyclic) bond motifs is 1. The first-order valence-electron chi connectivity index (χ1n) is 5.85. The van der Waals surface area contributed by atoms with Gasteiger partial charge < -0.3 is 9.72 Å². The molecule has 5 nitrogen and oxygen atoms in total. The molecule has 0 unspecified atom stereocenters. The van der Waals surface area contributed by atoms with E-state index in [1.165, 1.54) is 0 Å². The van der Waals surface area contributed by atoms with Gasteiger partial charge in [-0.2, -0.15) is 0 Å². The third-order valence-corrected chi connectivity index (χ3v) is 2.65. The number of rotatable bonds is 3. The fourth-order valence-electron chi connectivity index (χ4n) is 1.75. The number of nitrogens with one attached hydrogen (secondary N) is 1. The quantitative estimate of drug-likeness (QED) is 0.774. The third-order valence-electron chi connectivity index (χ3n) is 2.65. The van der Waals surface area contributed by atoms with E-state index in [9.17, 15) is 4.79 Å². The van der Waals surface area contributed by atoms with Crippen molar-refractivity contribution in [2.45, 2.75) is 6.61 Å². The van der Waals surface area contributed by atoms with Gasteiger partial charge in [-0.05, 0) is 24.3 Å². The van der Waals surface area contributed by atoms with Crippen molar-refractivity contribution in [2.24, 2.45) is 0 Å². The van der Waals surface area contributed by atoms with Gasteiger partial charge in [0.05, 0.1) is 5.39 Å². The lowest BCUT2D eigenvalue weighted by Crippen LogP contribution is -2.14. The summed E-state index contributed by atoms with van der Waals surface area (Å²) >= 11 is 0. The average Bonchev–Trinajstić information content (AvgIpc) is 2.46. The molecule has 0 aliphatic carbocycles. The number of aromatic amines is 1. The molecule has 0 amide bonds. The van der Waals surface area contributed by atoms with Crippen molar-refractivity contribution in [3.63, 3.8) is 0 Å². The van der Waals surface area contributed by atoms with E-state index in [1.807, 2.05) is 30.3 Å². The fraction of sp³-hybridized carbons (Fsp3) is 0.0714. The number of benzene rings is 1. The average molecular weight is 253 g/mol. The van der Waals surface area contributed by atoms with Gasteiger partial charge in [0, 0.05) is 6.20 Å². The van der Waals surface area contributed by atoms with Gasteiger partial charge in [0.25, 0.3) is 5.56 Å². The number of hydrogen-bond acceptors (Lipinski definition) is 4. The van der Waals surface area contributed by atoms with Crippen LogP contribution in [0.3, 0.4) is 0 Å². The smallest absolute Gasteiger partial charge is 0.260 e. The third kappa shape index (κ3) is 2.44. The lowest BCUT2D eigenvalue weighted by molar-refractivity contribution is 0.296. The number of H-pyrrole nitrogens is 1. The summed E-state index contributed by atoms with van der Waals surface area (Å²) in [6.07, 6.45) is 1.61. The van der Waals surface area contributed by atoms with E-state index in [0.717, 1.165) is 5.75 Å². The van der Waals surface area contributed by atoms with Crippen molar-refractivity contribution in [3.05, 3.63) is 64.8 Å². The Hall–Kier alpha value is -2.69. The Morgan fingerprint density at radius 2 is 1.95 bits per heavy atom. The van der Waals surface area contributed by atoms with Crippen LogP contribution in [0.4, 0.5) is 0 Å². The summed E-state index contributed by atoms with van der Waals surface area (Å²) in [5.41, 5.74) is 0.225. The Morgan fingerprint density at radius 3 is 2.79 bits per heavy atom. The normalized spacial score (nSPS) is 10.5. The maximum Gasteiger partial charge on any atom is 0.260 e. The maximum absolute atomic E-state index is 11.8. The zero-order chi connectivity index (χ0) is 13.1. The van der Waals surface area contributed by atoms with Gasteiger partial charge in [-0.15, -0.1) is 0 Å². The van der Waals surface area contributed by atoms with Gasteiger partial charge in [0.1, 0.15) is 18.2 Å². The molecule has 1 aromatic carbocycles. The second-order valence-electron chi connectivity index (χ2n) is 3.99. The molecule has 0 fully saturated rings. The van der Waals surface area contributed by atoms with Crippen molar-refractivity contribution in [3.8, 4) is 5.75 Å². The molecule has 0 spiro atoms. The molecule has 94 valence electrons. The number of aromatic nitrogens is 3. The number of hydrogen-bond donors (Lipinski definition) is 1. The molecule has 5 heteroatoms. The standard InChI is InChI=1S/C14H11N3O2/c18-14-11-7-4-8-15-13(11)16-12(17-14)9-19-10-5-2-1-3-6-10/h1-8H,9H2,(H,15,16,17,18). The molecule has 0 radical (unpaired) electrons. The number of nitrogens with zero attached hydrogens (tertiary/aromatic N) is 2. The summed E-state index contributed by atoms with van der Waals surface area (Å²) in [5.74, 6) is 1.19. The largest absolute Gasteiger partial charge is 0.486 e. The zero-order valence-corrected chi connectivity index (χ0v) is 10.0. The molecule has 0 aliphatic heterocycles. The molecule has 2 aromatic heterocycles. The van der Waals surface area contributed by atoms with Crippen LogP contribution in [0.2, 0.25) is 0 Å². The molecule has 1 N–H and O–H groups in total. The van der Waals surface area contributed by atoms with Crippen molar-refractivity contribution in [1.29, 1.82) is 0 Å². The van der Waals surface area contributed by atoms with E-state index in [2.05, 4.69) is 15.0 Å². The predicted octanol–water partition coefficient (Wildman–Crippen LogP) is 1.90. The number of pyridine rings is 1. The minimum Gasteiger partial charge on any atom is -0.486 e. The zero-order valence-electron chi connectivity index (χ0n) is 10.0. The van der Waals surface area contributed by atoms with Gasteiger partial charge in [-0.1, -0.05) is 18.2 Å². The van der Waals surface area contributed by atoms with E-state index < -0.39 is 0 Å². The Bertz CT molecular complexity index is 753. The van der Waals surface area contributed by atoms with Crippen molar-refractivity contribution >= 4 is 11.0 Å². The monoisotopic (exact) mass is 253 g/mol. The number of ether oxygens (including phenoxy) is 1. The molecular weight excluding hydrogens is 242 g/mol. The first-order chi connectivity index (χ1) is 9.33. The lowest BCUT2D eigenvalue weighted by atomic mass is 10.3. The van der Waals surface area contributed by atoms with Crippen LogP contribution in [0.25, 0.3) is 11.0 Å². The summed E-state index contributed by atoms with van der Waals surface area (Å²) in [4.78, 5) is 22.8. The van der Waals surface area contributed by atoms with Crippen molar-refractivity contribution in [1.82, 2.24) is 15.0 Å². The Labute approximate surface area is 108 Å². The minimum atomic E-state index is -0.204. The highest BCUT2D eigenvalue weighted by Gasteiger charge is 2.04. The highest BCUT2D eigenvalue weighted by Crippen LogP contribution is 2.10. The van der Waals surface area contributed by atoms with E-state index >= 15 is 0 Å². The lowest BCUT2D eigenvalue weighted by Gasteiger charge is -2.05. The molecule has 19 heavy (non-hydrogen) atoms. The molecule has 3 rings (SSSR count). The highest BCUT2D eigenvalue weighted by molar-refractivity contribution is 5.72. The van der Waals surface area contributed by atoms with Crippen molar-refractivity contribution in [2.75, 3.05) is 0 Å². The predicted molar refractivity (Wildman–Crippen MR) is 70.9 cm³/mol. The molecule has 2 heterocycles. The molecular formula is C14H11N3O2. The van der Waals surface area contributed by atoms with Crippen LogP contribution in [0.15, 0.2) is 53.5 Å². The summed E-state index contributed by atoms with van der Waals surface area (Å²) < 4.78 is 5.54. The van der Waals surface area contributed by atoms with Crippen LogP contribution in [-0.2, 0) is 6.61 Å². The molecule has 0 atom stereocenters. The molecule has 0 aliphatic rings. The fourth-order valence-corrected chi connectivity index (χ4v) is 1.75. The van der Waals surface area contributed by atoms with E-state index in [1.54, 1.807) is 18.3 Å². The van der Waals surface area contributed by atoms with Gasteiger partial charge in [-0.25, -0.2) is 9.97 Å². The Morgan fingerprint density at radius 1 is 1.11 bits per heavy atom. The van der Waals surface area contributed by atoms with E-state index in [4.69, 9.17) is 4.74 Å². The molecule has 0 bridgehead atoms. The Balaban J connectivity index is 1.88. The molecule has 3 aromatic rings. The van der Waals surface area contributed by atoms with Crippen LogP contribution in [-0.4, -0.2) is 15.0 Å². The van der Waals surface area contributed by atoms with E-state index in [0.29, 0.717) is 16.9 Å². The SMILES string of the molecule is O=c1[nH]c(COc2ccccc2)nc2ncccc12. The van der Waals surface area contributed by atoms with E-state index in [-0.39, 0.29) is 12.2 Å². The minimum absolute atomic E-state index is 0.200. The van der Waals surface area contributed by atoms with Crippen LogP contribution in [0, 0.1) is 0 Å².